The zero-order valence-electron chi connectivity index (χ0n) is 16.7. The molecule has 3 heterocycles. The molecule has 10 heteroatoms. The fourth-order valence-corrected chi connectivity index (χ4v) is 6.76. The van der Waals surface area contributed by atoms with Gasteiger partial charge in [0.15, 0.2) is 0 Å². The first-order valence-electron chi connectivity index (χ1n) is 9.70. The maximum absolute atomic E-state index is 13.2. The Bertz CT molecular complexity index is 916. The van der Waals surface area contributed by atoms with Crippen molar-refractivity contribution in [1.29, 1.82) is 0 Å². The van der Waals surface area contributed by atoms with Gasteiger partial charge in [-0.05, 0) is 40.5 Å². The van der Waals surface area contributed by atoms with E-state index in [0.29, 0.717) is 12.8 Å². The molecule has 0 bridgehead atoms. The second-order valence-corrected chi connectivity index (χ2v) is 11.5. The van der Waals surface area contributed by atoms with Crippen LogP contribution in [0, 0.1) is 0 Å². The summed E-state index contributed by atoms with van der Waals surface area (Å²) in [5, 5.41) is 5.36. The lowest BCUT2D eigenvalue weighted by Gasteiger charge is -2.35. The molecular formula is C20H24N2O4S4. The lowest BCUT2D eigenvalue weighted by molar-refractivity contribution is -0.131. The third-order valence-electron chi connectivity index (χ3n) is 4.57. The highest BCUT2D eigenvalue weighted by Gasteiger charge is 2.46. The zero-order valence-corrected chi connectivity index (χ0v) is 19.9. The van der Waals surface area contributed by atoms with E-state index in [2.05, 4.69) is 6.92 Å². The Morgan fingerprint density at radius 1 is 0.967 bits per heavy atom. The molecule has 0 unspecified atom stereocenters. The van der Waals surface area contributed by atoms with E-state index in [0.717, 1.165) is 37.0 Å². The first-order chi connectivity index (χ1) is 14.4. The summed E-state index contributed by atoms with van der Waals surface area (Å²) >= 11 is 4.40. The molecule has 0 atom stereocenters. The van der Waals surface area contributed by atoms with Gasteiger partial charge in [-0.3, -0.25) is 9.59 Å². The summed E-state index contributed by atoms with van der Waals surface area (Å²) in [4.78, 5) is 27.9. The molecule has 0 spiro atoms. The fraction of sp³-hybridized carbons (Fsp3) is 0.400. The van der Waals surface area contributed by atoms with Gasteiger partial charge in [0, 0.05) is 35.7 Å². The van der Waals surface area contributed by atoms with Crippen molar-refractivity contribution in [3.8, 4) is 0 Å². The minimum absolute atomic E-state index is 0.0153. The zero-order chi connectivity index (χ0) is 21.6. The van der Waals surface area contributed by atoms with Crippen LogP contribution >= 0.6 is 34.4 Å². The highest BCUT2D eigenvalue weighted by molar-refractivity contribution is 8.02. The second kappa shape index (κ2) is 10.6. The van der Waals surface area contributed by atoms with E-state index in [-0.39, 0.29) is 18.7 Å². The summed E-state index contributed by atoms with van der Waals surface area (Å²) in [5.41, 5.74) is -0.0664. The van der Waals surface area contributed by atoms with Gasteiger partial charge in [0.05, 0.1) is 0 Å². The van der Waals surface area contributed by atoms with Crippen LogP contribution in [-0.4, -0.2) is 47.7 Å². The van der Waals surface area contributed by atoms with Gasteiger partial charge in [0.25, 0.3) is 11.8 Å². The van der Waals surface area contributed by atoms with Crippen LogP contribution in [0.3, 0.4) is 0 Å². The molecule has 0 radical (unpaired) electrons. The molecule has 2 amide bonds. The Kier molecular flexibility index (Phi) is 8.15. The summed E-state index contributed by atoms with van der Waals surface area (Å²) in [6, 6.07) is 7.59. The molecule has 2 aromatic rings. The maximum Gasteiger partial charge on any atom is 0.331 e. The van der Waals surface area contributed by atoms with Gasteiger partial charge < -0.3 is 0 Å². The number of nitrogens with zero attached hydrogens (tertiary/aromatic N) is 2. The topological polar surface area (TPSA) is 74.8 Å². The average molecular weight is 485 g/mol. The first-order valence-corrected chi connectivity index (χ1v) is 13.9. The van der Waals surface area contributed by atoms with Crippen LogP contribution in [-0.2, 0) is 32.6 Å². The van der Waals surface area contributed by atoms with Gasteiger partial charge >= 0.3 is 10.2 Å². The quantitative estimate of drug-likeness (QED) is 0.290. The Hall–Kier alpha value is -1.62. The number of carbonyl (C=O) groups is 2. The minimum atomic E-state index is -4.21. The average Bonchev–Trinajstić information content (AvgIpc) is 3.41. The summed E-state index contributed by atoms with van der Waals surface area (Å²) in [5.74, 6) is -0.682. The van der Waals surface area contributed by atoms with E-state index in [1.165, 1.54) is 39.8 Å². The van der Waals surface area contributed by atoms with Crippen LogP contribution in [0.25, 0.3) is 0 Å². The smallest absolute Gasteiger partial charge is 0.268 e. The van der Waals surface area contributed by atoms with Gasteiger partial charge in [-0.2, -0.15) is 8.42 Å². The Labute approximate surface area is 189 Å². The largest absolute Gasteiger partial charge is 0.331 e. The van der Waals surface area contributed by atoms with Gasteiger partial charge in [-0.25, -0.2) is 8.61 Å². The van der Waals surface area contributed by atoms with Gasteiger partial charge in [-0.15, -0.1) is 34.4 Å². The SMILES string of the molecule is CCCCSC=C1C(=O)N(CCc2cccs2)S(=O)(=O)N(CCc2cccs2)C1=O. The van der Waals surface area contributed by atoms with Crippen molar-refractivity contribution in [3.63, 3.8) is 0 Å². The van der Waals surface area contributed by atoms with Crippen molar-refractivity contribution in [2.45, 2.75) is 32.6 Å². The van der Waals surface area contributed by atoms with Gasteiger partial charge in [-0.1, -0.05) is 25.5 Å². The third-order valence-corrected chi connectivity index (χ3v) is 9.18. The first kappa shape index (κ1) is 23.1. The highest BCUT2D eigenvalue weighted by atomic mass is 32.2. The monoisotopic (exact) mass is 484 g/mol. The van der Waals surface area contributed by atoms with Crippen molar-refractivity contribution in [3.05, 3.63) is 55.8 Å². The molecule has 162 valence electrons. The minimum Gasteiger partial charge on any atom is -0.268 e. The number of amides is 2. The summed E-state index contributed by atoms with van der Waals surface area (Å²) in [7, 11) is -4.21. The molecule has 30 heavy (non-hydrogen) atoms. The molecule has 1 saturated heterocycles. The van der Waals surface area contributed by atoms with Gasteiger partial charge in [0.1, 0.15) is 5.57 Å². The Morgan fingerprint density at radius 2 is 1.50 bits per heavy atom. The molecule has 1 aliphatic rings. The molecule has 6 nitrogen and oxygen atoms in total. The molecule has 1 aliphatic heterocycles. The number of carbonyl (C=O) groups excluding carboxylic acids is 2. The van der Waals surface area contributed by atoms with E-state index in [9.17, 15) is 18.0 Å². The van der Waals surface area contributed by atoms with Gasteiger partial charge in [0.2, 0.25) is 0 Å². The number of hydrogen-bond donors (Lipinski definition) is 0. The number of unbranched alkanes of at least 4 members (excludes halogenated alkanes) is 1. The molecular weight excluding hydrogens is 460 g/mol. The van der Waals surface area contributed by atoms with E-state index >= 15 is 0 Å². The van der Waals surface area contributed by atoms with Crippen LogP contribution in [0.2, 0.25) is 0 Å². The summed E-state index contributed by atoms with van der Waals surface area (Å²) in [6.07, 6.45) is 2.81. The number of rotatable bonds is 10. The van der Waals surface area contributed by atoms with Crippen molar-refractivity contribution in [1.82, 2.24) is 8.61 Å². The predicted molar refractivity (Wildman–Crippen MR) is 124 cm³/mol. The summed E-state index contributed by atoms with van der Waals surface area (Å²) < 4.78 is 28.0. The molecule has 1 fully saturated rings. The predicted octanol–water partition coefficient (Wildman–Crippen LogP) is 3.93. The third kappa shape index (κ3) is 5.35. The van der Waals surface area contributed by atoms with Crippen LogP contribution in [0.15, 0.2) is 46.0 Å². The normalized spacial score (nSPS) is 16.4. The summed E-state index contributed by atoms with van der Waals surface area (Å²) in [6.45, 7) is 2.10. The van der Waals surface area contributed by atoms with E-state index in [1.54, 1.807) is 0 Å². The van der Waals surface area contributed by atoms with Crippen molar-refractivity contribution >= 4 is 56.5 Å². The second-order valence-electron chi connectivity index (χ2n) is 6.68. The molecule has 0 saturated carbocycles. The van der Waals surface area contributed by atoms with Crippen LogP contribution in [0.4, 0.5) is 0 Å². The van der Waals surface area contributed by atoms with Crippen LogP contribution in [0.1, 0.15) is 29.5 Å². The van der Waals surface area contributed by atoms with E-state index in [1.807, 2.05) is 35.0 Å². The number of thioether (sulfide) groups is 1. The van der Waals surface area contributed by atoms with Crippen LogP contribution < -0.4 is 0 Å². The molecule has 0 aliphatic carbocycles. The molecule has 2 aromatic heterocycles. The number of thiophene rings is 2. The lowest BCUT2D eigenvalue weighted by Crippen LogP contribution is -2.57. The molecule has 0 aromatic carbocycles. The fourth-order valence-electron chi connectivity index (χ4n) is 2.93. The van der Waals surface area contributed by atoms with E-state index in [4.69, 9.17) is 0 Å². The Balaban J connectivity index is 1.84. The standard InChI is InChI=1S/C20H24N2O4S4/c1-2-3-12-27-15-18-19(23)21(10-8-16-6-4-13-28-16)30(25,26)22(20(18)24)11-9-17-7-5-14-29-17/h4-7,13-15H,2-3,8-12H2,1H3. The maximum atomic E-state index is 13.2. The van der Waals surface area contributed by atoms with Crippen molar-refractivity contribution < 1.29 is 18.0 Å². The molecule has 3 rings (SSSR count). The molecule has 0 N–H and O–H groups in total. The van der Waals surface area contributed by atoms with Crippen LogP contribution in [0.5, 0.6) is 0 Å². The lowest BCUT2D eigenvalue weighted by atomic mass is 10.2. The Morgan fingerprint density at radius 3 is 1.93 bits per heavy atom. The highest BCUT2D eigenvalue weighted by Crippen LogP contribution is 2.26. The number of hydrogen-bond acceptors (Lipinski definition) is 7. The van der Waals surface area contributed by atoms with Crippen molar-refractivity contribution in [2.24, 2.45) is 0 Å². The van der Waals surface area contributed by atoms with E-state index < -0.39 is 22.0 Å². The van der Waals surface area contributed by atoms with Crippen molar-refractivity contribution in [2.75, 3.05) is 18.8 Å².